The average Bonchev–Trinajstić information content (AvgIpc) is 2.48. The Morgan fingerprint density at radius 1 is 0.476 bits per heavy atom. The van der Waals surface area contributed by atoms with Crippen LogP contribution in [0.3, 0.4) is 0 Å². The minimum Gasteiger partial charge on any atom is -0.111 e. The van der Waals surface area contributed by atoms with Crippen molar-refractivity contribution >= 4 is 89.8 Å². The van der Waals surface area contributed by atoms with Crippen LogP contribution in [0.15, 0.2) is 0 Å². The van der Waals surface area contributed by atoms with E-state index in [2.05, 4.69) is 46.6 Å². The minimum atomic E-state index is 0.514. The number of hydrogen-bond acceptors (Lipinski definition) is 8. The zero-order valence-corrected chi connectivity index (χ0v) is 19.3. The Kier molecular flexibility index (Phi) is 20.0. The van der Waals surface area contributed by atoms with Crippen LogP contribution in [0.4, 0.5) is 0 Å². The molecule has 0 aliphatic carbocycles. The molecule has 0 N–H and O–H groups in total. The monoisotopic (exact) mass is 440 g/mol. The first kappa shape index (κ1) is 23.8. The van der Waals surface area contributed by atoms with Crippen molar-refractivity contribution in [1.29, 1.82) is 0 Å². The van der Waals surface area contributed by atoms with Gasteiger partial charge in [0.25, 0.3) is 0 Å². The minimum absolute atomic E-state index is 0.514. The van der Waals surface area contributed by atoms with Crippen LogP contribution in [-0.2, 0) is 0 Å². The highest BCUT2D eigenvalue weighted by Gasteiger charge is 2.28. The quantitative estimate of drug-likeness (QED) is 0.112. The lowest BCUT2D eigenvalue weighted by Gasteiger charge is -2.34. The molecule has 0 saturated carbocycles. The molecule has 0 aromatic heterocycles. The van der Waals surface area contributed by atoms with Crippen molar-refractivity contribution in [3.63, 3.8) is 0 Å². The van der Waals surface area contributed by atoms with Gasteiger partial charge in [0.1, 0.15) is 0 Å². The van der Waals surface area contributed by atoms with Gasteiger partial charge >= 0.3 is 0 Å². The lowest BCUT2D eigenvalue weighted by atomic mass is 9.72. The van der Waals surface area contributed by atoms with Crippen molar-refractivity contribution in [2.75, 3.05) is 23.0 Å². The molecule has 128 valence electrons. The van der Waals surface area contributed by atoms with Crippen molar-refractivity contribution in [2.45, 2.75) is 51.4 Å². The van der Waals surface area contributed by atoms with Gasteiger partial charge in [-0.2, -0.15) is 0 Å². The van der Waals surface area contributed by atoms with E-state index in [1.54, 1.807) is 43.2 Å². The second-order valence-electron chi connectivity index (χ2n) is 5.25. The summed E-state index contributed by atoms with van der Waals surface area (Å²) in [7, 11) is 6.69. The Morgan fingerprint density at radius 2 is 0.714 bits per heavy atom. The van der Waals surface area contributed by atoms with Gasteiger partial charge in [0.15, 0.2) is 0 Å². The number of hydrogen-bond donors (Lipinski definition) is 4. The van der Waals surface area contributed by atoms with Gasteiger partial charge in [-0.05, 0) is 56.8 Å². The Balaban J connectivity index is 4.52. The van der Waals surface area contributed by atoms with Crippen molar-refractivity contribution in [2.24, 2.45) is 5.41 Å². The molecule has 0 aliphatic heterocycles. The van der Waals surface area contributed by atoms with E-state index in [1.807, 2.05) is 0 Å². The highest BCUT2D eigenvalue weighted by atomic mass is 33.1. The maximum absolute atomic E-state index is 4.28. The van der Waals surface area contributed by atoms with Gasteiger partial charge in [-0.25, -0.2) is 0 Å². The molecule has 0 amide bonds. The topological polar surface area (TPSA) is 0 Å². The largest absolute Gasteiger partial charge is 0.111 e. The zero-order valence-electron chi connectivity index (χ0n) is 12.4. The van der Waals surface area contributed by atoms with Crippen molar-refractivity contribution in [3.05, 3.63) is 0 Å². The first-order chi connectivity index (χ1) is 10.2. The summed E-state index contributed by atoms with van der Waals surface area (Å²) in [6.45, 7) is 0. The summed E-state index contributed by atoms with van der Waals surface area (Å²) in [4.78, 5) is 0. The molecule has 0 nitrogen and oxygen atoms in total. The predicted octanol–water partition coefficient (Wildman–Crippen LogP) is 7.41. The molecule has 0 aromatic rings. The maximum atomic E-state index is 4.28. The molecule has 0 heterocycles. The summed E-state index contributed by atoms with van der Waals surface area (Å²) in [5.74, 6) is 4.65. The summed E-state index contributed by atoms with van der Waals surface area (Å²) in [5.41, 5.74) is 0.514. The van der Waals surface area contributed by atoms with Gasteiger partial charge in [-0.3, -0.25) is 0 Å². The van der Waals surface area contributed by atoms with Crippen LogP contribution >= 0.6 is 89.8 Å². The zero-order chi connectivity index (χ0) is 15.8. The molecular weight excluding hydrogens is 413 g/mol. The fourth-order valence-corrected chi connectivity index (χ4v) is 5.44. The van der Waals surface area contributed by atoms with E-state index in [9.17, 15) is 0 Å². The molecule has 0 saturated heterocycles. The number of thiol groups is 4. The number of rotatable bonds is 16. The van der Waals surface area contributed by atoms with E-state index >= 15 is 0 Å². The summed E-state index contributed by atoms with van der Waals surface area (Å²) >= 11 is 17.1. The fourth-order valence-electron chi connectivity index (χ4n) is 2.80. The first-order valence-electron chi connectivity index (χ1n) is 7.30. The summed E-state index contributed by atoms with van der Waals surface area (Å²) in [5, 5.41) is 0. The van der Waals surface area contributed by atoms with Gasteiger partial charge in [-0.15, -0.1) is 46.6 Å². The van der Waals surface area contributed by atoms with Gasteiger partial charge in [-0.1, -0.05) is 43.2 Å². The Morgan fingerprint density at radius 3 is 0.905 bits per heavy atom. The Labute approximate surface area is 168 Å². The van der Waals surface area contributed by atoms with E-state index in [4.69, 9.17) is 0 Å². The third kappa shape index (κ3) is 13.7. The highest BCUT2D eigenvalue weighted by molar-refractivity contribution is 8.69. The van der Waals surface area contributed by atoms with E-state index in [1.165, 1.54) is 51.4 Å². The molecule has 0 spiro atoms. The second kappa shape index (κ2) is 17.6. The molecule has 0 aromatic carbocycles. The van der Waals surface area contributed by atoms with Crippen molar-refractivity contribution in [1.82, 2.24) is 0 Å². The molecule has 0 bridgehead atoms. The van der Waals surface area contributed by atoms with E-state index < -0.39 is 0 Å². The molecule has 0 atom stereocenters. The molecular formula is C13H28S8. The van der Waals surface area contributed by atoms with Gasteiger partial charge in [0, 0.05) is 23.0 Å². The normalized spacial score (nSPS) is 12.0. The van der Waals surface area contributed by atoms with Crippen LogP contribution in [0.2, 0.25) is 0 Å². The summed E-state index contributed by atoms with van der Waals surface area (Å²) in [6.07, 6.45) is 10.5. The van der Waals surface area contributed by atoms with Crippen LogP contribution in [0, 0.1) is 5.41 Å². The molecule has 21 heavy (non-hydrogen) atoms. The first-order valence-corrected chi connectivity index (χ1v) is 15.5. The Bertz CT molecular complexity index is 169. The molecule has 0 unspecified atom stereocenters. The van der Waals surface area contributed by atoms with Gasteiger partial charge in [0.05, 0.1) is 0 Å². The smallest absolute Gasteiger partial charge is 0.00347 e. The predicted molar refractivity (Wildman–Crippen MR) is 125 cm³/mol. The molecule has 0 aliphatic rings. The third-order valence-electron chi connectivity index (χ3n) is 3.77. The summed E-state index contributed by atoms with van der Waals surface area (Å²) in [6, 6.07) is 0. The average molecular weight is 441 g/mol. The SMILES string of the molecule is SSCCCC(CCCSS)(CCCSS)CCCSS. The van der Waals surface area contributed by atoms with Gasteiger partial charge < -0.3 is 0 Å². The van der Waals surface area contributed by atoms with E-state index in [-0.39, 0.29) is 0 Å². The fraction of sp³-hybridized carbons (Fsp3) is 1.00. The van der Waals surface area contributed by atoms with Crippen molar-refractivity contribution in [3.8, 4) is 0 Å². The van der Waals surface area contributed by atoms with E-state index in [0.717, 1.165) is 23.0 Å². The molecule has 8 heteroatoms. The van der Waals surface area contributed by atoms with Gasteiger partial charge in [0.2, 0.25) is 0 Å². The highest BCUT2D eigenvalue weighted by Crippen LogP contribution is 2.41. The second-order valence-corrected chi connectivity index (χ2v) is 11.0. The standard InChI is InChI=1S/C13H28S8/c14-18-9-1-5-13(6-2-10-19-15,7-3-11-20-16)8-4-12-21-17/h14-17H,1-12H2. The van der Waals surface area contributed by atoms with Crippen molar-refractivity contribution < 1.29 is 0 Å². The molecule has 0 fully saturated rings. The van der Waals surface area contributed by atoms with Crippen LogP contribution < -0.4 is 0 Å². The molecule has 0 radical (unpaired) electrons. The third-order valence-corrected chi connectivity index (χ3v) is 7.85. The van der Waals surface area contributed by atoms with Crippen LogP contribution in [0.25, 0.3) is 0 Å². The lowest BCUT2D eigenvalue weighted by molar-refractivity contribution is 0.193. The van der Waals surface area contributed by atoms with Crippen LogP contribution in [0.1, 0.15) is 51.4 Å². The van der Waals surface area contributed by atoms with Crippen LogP contribution in [0.5, 0.6) is 0 Å². The Hall–Kier alpha value is 2.80. The van der Waals surface area contributed by atoms with Crippen LogP contribution in [-0.4, -0.2) is 23.0 Å². The lowest BCUT2D eigenvalue weighted by Crippen LogP contribution is -2.22. The summed E-state index contributed by atoms with van der Waals surface area (Å²) < 4.78 is 0. The maximum Gasteiger partial charge on any atom is 0.00347 e. The molecule has 0 rings (SSSR count). The van der Waals surface area contributed by atoms with E-state index in [0.29, 0.717) is 5.41 Å².